The molecule has 3 rings (SSSR count). The van der Waals surface area contributed by atoms with Gasteiger partial charge in [0.15, 0.2) is 0 Å². The Morgan fingerprint density at radius 2 is 2.33 bits per heavy atom. The molecule has 5 nitrogen and oxygen atoms in total. The van der Waals surface area contributed by atoms with Crippen molar-refractivity contribution in [3.8, 4) is 0 Å². The van der Waals surface area contributed by atoms with Crippen LogP contribution in [-0.2, 0) is 17.9 Å². The summed E-state index contributed by atoms with van der Waals surface area (Å²) in [6, 6.07) is 5.75. The Kier molecular flexibility index (Phi) is 4.76. The van der Waals surface area contributed by atoms with Crippen molar-refractivity contribution in [2.24, 2.45) is 0 Å². The lowest BCUT2D eigenvalue weighted by Crippen LogP contribution is -2.49. The van der Waals surface area contributed by atoms with Crippen LogP contribution in [0.1, 0.15) is 22.9 Å². The third-order valence-corrected chi connectivity index (χ3v) is 4.21. The molecule has 0 saturated carbocycles. The number of carbonyl (C=O) groups excluding carboxylic acids is 1. The van der Waals surface area contributed by atoms with Gasteiger partial charge < -0.3 is 5.32 Å². The minimum absolute atomic E-state index is 0.0945. The molecule has 1 fully saturated rings. The number of rotatable bonds is 5. The molecule has 1 aromatic heterocycles. The van der Waals surface area contributed by atoms with Crippen molar-refractivity contribution in [1.82, 2.24) is 20.0 Å². The molecule has 1 aromatic carbocycles. The van der Waals surface area contributed by atoms with Gasteiger partial charge in [0.25, 0.3) is 0 Å². The molecule has 0 spiro atoms. The van der Waals surface area contributed by atoms with E-state index in [1.54, 1.807) is 18.2 Å². The third kappa shape index (κ3) is 3.38. The zero-order valence-corrected chi connectivity index (χ0v) is 13.7. The summed E-state index contributed by atoms with van der Waals surface area (Å²) in [6.07, 6.45) is 3.77. The van der Waals surface area contributed by atoms with E-state index in [0.29, 0.717) is 31.7 Å². The molecular weight excluding hydrogens is 307 g/mol. The van der Waals surface area contributed by atoms with Gasteiger partial charge in [-0.1, -0.05) is 18.2 Å². The highest BCUT2D eigenvalue weighted by molar-refractivity contribution is 5.83. The molecule has 1 N–H and O–H groups in total. The predicted molar refractivity (Wildman–Crippen MR) is 89.7 cm³/mol. The lowest BCUT2D eigenvalue weighted by Gasteiger charge is -2.35. The number of amides is 1. The van der Waals surface area contributed by atoms with E-state index in [1.807, 2.05) is 17.8 Å². The third-order valence-electron chi connectivity index (χ3n) is 4.21. The smallest absolute Gasteiger partial charge is 0.242 e. The normalized spacial score (nSPS) is 18.4. The molecule has 0 unspecified atom stereocenters. The van der Waals surface area contributed by atoms with Gasteiger partial charge in [0.1, 0.15) is 11.9 Å². The minimum Gasteiger partial charge on any atom is -0.353 e. The number of nitrogens with zero attached hydrogens (tertiary/aromatic N) is 3. The van der Waals surface area contributed by atoms with Crippen molar-refractivity contribution in [3.63, 3.8) is 0 Å². The van der Waals surface area contributed by atoms with Gasteiger partial charge in [-0.3, -0.25) is 14.4 Å². The number of hydrogen-bond donors (Lipinski definition) is 1. The molecule has 1 aliphatic rings. The van der Waals surface area contributed by atoms with Crippen molar-refractivity contribution in [1.29, 1.82) is 0 Å². The zero-order chi connectivity index (χ0) is 17.1. The lowest BCUT2D eigenvalue weighted by atomic mass is 10.0. The average Bonchev–Trinajstić information content (AvgIpc) is 2.87. The fourth-order valence-electron chi connectivity index (χ4n) is 3.08. The zero-order valence-electron chi connectivity index (χ0n) is 13.7. The van der Waals surface area contributed by atoms with E-state index in [0.717, 1.165) is 11.3 Å². The Labute approximate surface area is 140 Å². The van der Waals surface area contributed by atoms with Gasteiger partial charge in [0.05, 0.1) is 12.2 Å². The Morgan fingerprint density at radius 1 is 1.50 bits per heavy atom. The molecule has 0 aliphatic carbocycles. The van der Waals surface area contributed by atoms with Crippen LogP contribution in [-0.4, -0.2) is 33.7 Å². The Bertz CT molecular complexity index is 755. The molecule has 1 amide bonds. The molecule has 0 radical (unpaired) electrons. The first-order valence-corrected chi connectivity index (χ1v) is 7.99. The van der Waals surface area contributed by atoms with Crippen LogP contribution < -0.4 is 5.32 Å². The first-order chi connectivity index (χ1) is 11.6. The van der Waals surface area contributed by atoms with Gasteiger partial charge in [-0.05, 0) is 24.6 Å². The van der Waals surface area contributed by atoms with Crippen LogP contribution in [0.4, 0.5) is 4.39 Å². The molecule has 6 heteroatoms. The van der Waals surface area contributed by atoms with E-state index in [2.05, 4.69) is 21.9 Å². The SMILES string of the molecule is C=CCn1cc(CN2CCNC(=O)[C@@H]2c2cccc(F)c2)c(C)n1. The van der Waals surface area contributed by atoms with Gasteiger partial charge in [-0.15, -0.1) is 6.58 Å². The maximum atomic E-state index is 13.6. The average molecular weight is 328 g/mol. The summed E-state index contributed by atoms with van der Waals surface area (Å²) in [5.74, 6) is -0.427. The van der Waals surface area contributed by atoms with Crippen LogP contribution in [0.2, 0.25) is 0 Å². The first-order valence-electron chi connectivity index (χ1n) is 7.99. The van der Waals surface area contributed by atoms with Crippen LogP contribution in [0.25, 0.3) is 0 Å². The van der Waals surface area contributed by atoms with Crippen LogP contribution in [0.15, 0.2) is 43.1 Å². The molecule has 126 valence electrons. The fraction of sp³-hybridized carbons (Fsp3) is 0.333. The van der Waals surface area contributed by atoms with Crippen LogP contribution >= 0.6 is 0 Å². The summed E-state index contributed by atoms with van der Waals surface area (Å²) < 4.78 is 15.4. The minimum atomic E-state index is -0.489. The maximum absolute atomic E-state index is 13.6. The molecule has 2 aromatic rings. The van der Waals surface area contributed by atoms with E-state index >= 15 is 0 Å². The summed E-state index contributed by atoms with van der Waals surface area (Å²) >= 11 is 0. The van der Waals surface area contributed by atoms with E-state index in [-0.39, 0.29) is 11.7 Å². The second-order valence-electron chi connectivity index (χ2n) is 5.97. The molecule has 1 atom stereocenters. The van der Waals surface area contributed by atoms with Gasteiger partial charge in [-0.2, -0.15) is 5.10 Å². The first kappa shape index (κ1) is 16.4. The standard InChI is InChI=1S/C18H21FN4O/c1-3-8-23-12-15(13(2)21-23)11-22-9-7-20-18(24)17(22)14-5-4-6-16(19)10-14/h3-6,10,12,17H,1,7-9,11H2,2H3,(H,20,24)/t17-/m0/s1. The second kappa shape index (κ2) is 6.97. The topological polar surface area (TPSA) is 50.2 Å². The number of halogens is 1. The van der Waals surface area contributed by atoms with Gasteiger partial charge >= 0.3 is 0 Å². The molecular formula is C18H21FN4O. The van der Waals surface area contributed by atoms with Gasteiger partial charge in [0.2, 0.25) is 5.91 Å². The number of nitrogens with one attached hydrogen (secondary N) is 1. The van der Waals surface area contributed by atoms with Crippen LogP contribution in [0, 0.1) is 12.7 Å². The van der Waals surface area contributed by atoms with E-state index in [9.17, 15) is 9.18 Å². The number of piperazine rings is 1. The van der Waals surface area contributed by atoms with Crippen molar-refractivity contribution >= 4 is 5.91 Å². The van der Waals surface area contributed by atoms with Crippen LogP contribution in [0.5, 0.6) is 0 Å². The monoisotopic (exact) mass is 328 g/mol. The van der Waals surface area contributed by atoms with E-state index < -0.39 is 6.04 Å². The van der Waals surface area contributed by atoms with E-state index in [1.165, 1.54) is 12.1 Å². The van der Waals surface area contributed by atoms with Crippen molar-refractivity contribution < 1.29 is 9.18 Å². The van der Waals surface area contributed by atoms with Gasteiger partial charge in [-0.25, -0.2) is 4.39 Å². The Morgan fingerprint density at radius 3 is 3.08 bits per heavy atom. The van der Waals surface area contributed by atoms with E-state index in [4.69, 9.17) is 0 Å². The number of aromatic nitrogens is 2. The van der Waals surface area contributed by atoms with Crippen LogP contribution in [0.3, 0.4) is 0 Å². The number of aryl methyl sites for hydroxylation is 1. The molecule has 1 aliphatic heterocycles. The predicted octanol–water partition coefficient (Wildman–Crippen LogP) is 2.19. The Balaban J connectivity index is 1.87. The second-order valence-corrected chi connectivity index (χ2v) is 5.97. The fourth-order valence-corrected chi connectivity index (χ4v) is 3.08. The van der Waals surface area contributed by atoms with Crippen molar-refractivity contribution in [3.05, 3.63) is 65.8 Å². The number of hydrogen-bond acceptors (Lipinski definition) is 3. The summed E-state index contributed by atoms with van der Waals surface area (Å²) in [5.41, 5.74) is 2.66. The summed E-state index contributed by atoms with van der Waals surface area (Å²) in [4.78, 5) is 14.5. The van der Waals surface area contributed by atoms with Crippen molar-refractivity contribution in [2.45, 2.75) is 26.1 Å². The number of benzene rings is 1. The lowest BCUT2D eigenvalue weighted by molar-refractivity contribution is -0.129. The number of allylic oxidation sites excluding steroid dienone is 1. The Hall–Kier alpha value is -2.47. The summed E-state index contributed by atoms with van der Waals surface area (Å²) in [6.45, 7) is 8.21. The highest BCUT2D eigenvalue weighted by Gasteiger charge is 2.31. The molecule has 24 heavy (non-hydrogen) atoms. The number of carbonyl (C=O) groups is 1. The largest absolute Gasteiger partial charge is 0.353 e. The highest BCUT2D eigenvalue weighted by atomic mass is 19.1. The quantitative estimate of drug-likeness (QED) is 0.856. The summed E-state index contributed by atoms with van der Waals surface area (Å²) in [7, 11) is 0. The van der Waals surface area contributed by atoms with Crippen molar-refractivity contribution in [2.75, 3.05) is 13.1 Å². The maximum Gasteiger partial charge on any atom is 0.242 e. The highest BCUT2D eigenvalue weighted by Crippen LogP contribution is 2.26. The van der Waals surface area contributed by atoms with Gasteiger partial charge in [0, 0.05) is 31.4 Å². The molecule has 0 bridgehead atoms. The summed E-state index contributed by atoms with van der Waals surface area (Å²) in [5, 5.41) is 7.32. The molecule has 2 heterocycles. The molecule has 1 saturated heterocycles.